The molecule has 0 fully saturated rings. The maximum absolute atomic E-state index is 11.6. The van der Waals surface area contributed by atoms with Crippen LogP contribution in [0.4, 0.5) is 5.69 Å². The van der Waals surface area contributed by atoms with Crippen LogP contribution in [0.2, 0.25) is 0 Å². The Morgan fingerprint density at radius 2 is 1.94 bits per heavy atom. The first kappa shape index (κ1) is 12.8. The van der Waals surface area contributed by atoms with Crippen molar-refractivity contribution in [3.63, 3.8) is 0 Å². The molecule has 0 aliphatic heterocycles. The number of carbonyl (C=O) groups is 1. The second kappa shape index (κ2) is 5.69. The molecule has 0 radical (unpaired) electrons. The predicted octanol–water partition coefficient (Wildman–Crippen LogP) is 3.51. The Morgan fingerprint density at radius 3 is 2.44 bits per heavy atom. The number of para-hydroxylation sites is 1. The van der Waals surface area contributed by atoms with E-state index in [-0.39, 0.29) is 5.78 Å². The zero-order valence-corrected chi connectivity index (χ0v) is 10.7. The lowest BCUT2D eigenvalue weighted by atomic mass is 10.1. The Kier molecular flexibility index (Phi) is 4.53. The molecule has 0 saturated heterocycles. The molecule has 1 aromatic rings. The maximum Gasteiger partial charge on any atom is 0.161 e. The summed E-state index contributed by atoms with van der Waals surface area (Å²) in [4.78, 5) is 13.9. The van der Waals surface area contributed by atoms with Crippen LogP contribution in [0.15, 0.2) is 24.3 Å². The first-order chi connectivity index (χ1) is 7.61. The maximum atomic E-state index is 11.6. The average molecular weight is 219 g/mol. The van der Waals surface area contributed by atoms with Gasteiger partial charge in [0, 0.05) is 23.8 Å². The fourth-order valence-electron chi connectivity index (χ4n) is 1.96. The van der Waals surface area contributed by atoms with Gasteiger partial charge in [0.05, 0.1) is 0 Å². The largest absolute Gasteiger partial charge is 0.369 e. The molecular formula is C14H21NO. The lowest BCUT2D eigenvalue weighted by Crippen LogP contribution is -2.33. The van der Waals surface area contributed by atoms with Gasteiger partial charge in [0.1, 0.15) is 0 Å². The van der Waals surface area contributed by atoms with E-state index < -0.39 is 0 Å². The Hall–Kier alpha value is -1.31. The summed E-state index contributed by atoms with van der Waals surface area (Å²) < 4.78 is 0. The molecular weight excluding hydrogens is 198 g/mol. The van der Waals surface area contributed by atoms with Crippen LogP contribution in [0.5, 0.6) is 0 Å². The minimum atomic E-state index is 0.136. The van der Waals surface area contributed by atoms with Gasteiger partial charge in [0.15, 0.2) is 5.78 Å². The number of rotatable bonds is 5. The highest BCUT2D eigenvalue weighted by Crippen LogP contribution is 2.23. The SMILES string of the molecule is CCC(C)N(CC)c1ccccc1C(C)=O. The zero-order valence-electron chi connectivity index (χ0n) is 10.7. The van der Waals surface area contributed by atoms with E-state index in [1.807, 2.05) is 24.3 Å². The second-order valence-electron chi connectivity index (χ2n) is 4.12. The van der Waals surface area contributed by atoms with Crippen LogP contribution in [0.3, 0.4) is 0 Å². The van der Waals surface area contributed by atoms with Crippen molar-refractivity contribution in [3.8, 4) is 0 Å². The number of benzene rings is 1. The fourth-order valence-corrected chi connectivity index (χ4v) is 1.96. The third kappa shape index (κ3) is 2.63. The lowest BCUT2D eigenvalue weighted by molar-refractivity contribution is 0.101. The van der Waals surface area contributed by atoms with E-state index in [2.05, 4.69) is 25.7 Å². The Bertz CT molecular complexity index is 360. The molecule has 16 heavy (non-hydrogen) atoms. The van der Waals surface area contributed by atoms with Crippen molar-refractivity contribution in [2.75, 3.05) is 11.4 Å². The summed E-state index contributed by atoms with van der Waals surface area (Å²) in [6.07, 6.45) is 1.08. The van der Waals surface area contributed by atoms with E-state index in [1.165, 1.54) is 0 Å². The molecule has 0 bridgehead atoms. The Balaban J connectivity index is 3.14. The molecule has 1 unspecified atom stereocenters. The molecule has 88 valence electrons. The van der Waals surface area contributed by atoms with Crippen LogP contribution < -0.4 is 4.90 Å². The summed E-state index contributed by atoms with van der Waals surface area (Å²) in [6.45, 7) is 9.05. The fraction of sp³-hybridized carbons (Fsp3) is 0.500. The number of ketones is 1. The summed E-state index contributed by atoms with van der Waals surface area (Å²) >= 11 is 0. The summed E-state index contributed by atoms with van der Waals surface area (Å²) in [6, 6.07) is 8.32. The molecule has 2 heteroatoms. The van der Waals surface area contributed by atoms with Gasteiger partial charge in [-0.15, -0.1) is 0 Å². The van der Waals surface area contributed by atoms with E-state index in [9.17, 15) is 4.79 Å². The van der Waals surface area contributed by atoms with Crippen molar-refractivity contribution < 1.29 is 4.79 Å². The minimum Gasteiger partial charge on any atom is -0.369 e. The molecule has 0 heterocycles. The number of hydrogen-bond acceptors (Lipinski definition) is 2. The van der Waals surface area contributed by atoms with Crippen molar-refractivity contribution in [2.24, 2.45) is 0 Å². The minimum absolute atomic E-state index is 0.136. The molecule has 1 rings (SSSR count). The van der Waals surface area contributed by atoms with Gasteiger partial charge in [-0.1, -0.05) is 19.1 Å². The molecule has 0 aliphatic carbocycles. The number of nitrogens with zero attached hydrogens (tertiary/aromatic N) is 1. The number of hydrogen-bond donors (Lipinski definition) is 0. The second-order valence-corrected chi connectivity index (χ2v) is 4.12. The highest BCUT2D eigenvalue weighted by molar-refractivity contribution is 5.99. The van der Waals surface area contributed by atoms with E-state index in [0.29, 0.717) is 6.04 Å². The smallest absolute Gasteiger partial charge is 0.161 e. The standard InChI is InChI=1S/C14H21NO/c1-5-11(3)15(6-2)14-10-8-7-9-13(14)12(4)16/h7-11H,5-6H2,1-4H3. The van der Waals surface area contributed by atoms with Gasteiger partial charge in [-0.3, -0.25) is 4.79 Å². The molecule has 0 spiro atoms. The lowest BCUT2D eigenvalue weighted by Gasteiger charge is -2.30. The van der Waals surface area contributed by atoms with Gasteiger partial charge < -0.3 is 4.90 Å². The van der Waals surface area contributed by atoms with Gasteiger partial charge in [-0.25, -0.2) is 0 Å². The van der Waals surface area contributed by atoms with E-state index in [1.54, 1.807) is 6.92 Å². The first-order valence-electron chi connectivity index (χ1n) is 5.98. The average Bonchev–Trinajstić information content (AvgIpc) is 2.30. The summed E-state index contributed by atoms with van der Waals surface area (Å²) in [7, 11) is 0. The number of anilines is 1. The molecule has 0 saturated carbocycles. The van der Waals surface area contributed by atoms with E-state index in [0.717, 1.165) is 24.2 Å². The van der Waals surface area contributed by atoms with Crippen LogP contribution >= 0.6 is 0 Å². The molecule has 1 atom stereocenters. The van der Waals surface area contributed by atoms with Crippen molar-refractivity contribution in [2.45, 2.75) is 40.2 Å². The highest BCUT2D eigenvalue weighted by Gasteiger charge is 2.15. The van der Waals surface area contributed by atoms with Gasteiger partial charge in [-0.2, -0.15) is 0 Å². The summed E-state index contributed by atoms with van der Waals surface area (Å²) in [5.74, 6) is 0.136. The van der Waals surface area contributed by atoms with Crippen LogP contribution in [-0.2, 0) is 0 Å². The Morgan fingerprint density at radius 1 is 1.31 bits per heavy atom. The quantitative estimate of drug-likeness (QED) is 0.706. The van der Waals surface area contributed by atoms with Crippen molar-refractivity contribution in [1.82, 2.24) is 0 Å². The molecule has 2 nitrogen and oxygen atoms in total. The highest BCUT2D eigenvalue weighted by atomic mass is 16.1. The molecule has 1 aromatic carbocycles. The van der Waals surface area contributed by atoms with Crippen LogP contribution in [-0.4, -0.2) is 18.4 Å². The van der Waals surface area contributed by atoms with Crippen LogP contribution in [0, 0.1) is 0 Å². The van der Waals surface area contributed by atoms with Gasteiger partial charge >= 0.3 is 0 Å². The van der Waals surface area contributed by atoms with E-state index in [4.69, 9.17) is 0 Å². The van der Waals surface area contributed by atoms with Crippen molar-refractivity contribution in [3.05, 3.63) is 29.8 Å². The molecule has 0 amide bonds. The van der Waals surface area contributed by atoms with Gasteiger partial charge in [0.2, 0.25) is 0 Å². The van der Waals surface area contributed by atoms with Crippen molar-refractivity contribution >= 4 is 11.5 Å². The van der Waals surface area contributed by atoms with E-state index >= 15 is 0 Å². The number of Topliss-reactive ketones (excluding diaryl/α,β-unsaturated/α-hetero) is 1. The third-order valence-electron chi connectivity index (χ3n) is 3.06. The van der Waals surface area contributed by atoms with Gasteiger partial charge in [-0.05, 0) is 39.3 Å². The Labute approximate surface area is 98.3 Å². The van der Waals surface area contributed by atoms with Gasteiger partial charge in [0.25, 0.3) is 0 Å². The van der Waals surface area contributed by atoms with Crippen LogP contribution in [0.25, 0.3) is 0 Å². The van der Waals surface area contributed by atoms with Crippen molar-refractivity contribution in [1.29, 1.82) is 0 Å². The molecule has 0 aliphatic rings. The molecule has 0 aromatic heterocycles. The summed E-state index contributed by atoms with van der Waals surface area (Å²) in [5, 5.41) is 0. The number of carbonyl (C=O) groups excluding carboxylic acids is 1. The van der Waals surface area contributed by atoms with Crippen LogP contribution in [0.1, 0.15) is 44.5 Å². The summed E-state index contributed by atoms with van der Waals surface area (Å²) in [5.41, 5.74) is 1.89. The monoisotopic (exact) mass is 219 g/mol. The third-order valence-corrected chi connectivity index (χ3v) is 3.06. The topological polar surface area (TPSA) is 20.3 Å². The predicted molar refractivity (Wildman–Crippen MR) is 69.2 cm³/mol. The first-order valence-corrected chi connectivity index (χ1v) is 5.98. The molecule has 0 N–H and O–H groups in total. The normalized spacial score (nSPS) is 12.2. The zero-order chi connectivity index (χ0) is 12.1.